The number of anilines is 1. The first-order chi connectivity index (χ1) is 33.5. The molecule has 1 fully saturated rings. The topological polar surface area (TPSA) is 272 Å². The summed E-state index contributed by atoms with van der Waals surface area (Å²) < 4.78 is 32.9. The Morgan fingerprint density at radius 3 is 2.00 bits per heavy atom. The molecule has 5 rings (SSSR count). The van der Waals surface area contributed by atoms with Crippen LogP contribution in [0.25, 0.3) is 6.08 Å². The molecule has 6 amide bonds. The van der Waals surface area contributed by atoms with E-state index in [1.807, 2.05) is 25.1 Å². The smallest absolute Gasteiger partial charge is 0.253 e. The van der Waals surface area contributed by atoms with Crippen molar-refractivity contribution in [1.29, 1.82) is 0 Å². The third-order valence-corrected chi connectivity index (χ3v) is 11.1. The average molecular weight is 963 g/mol. The zero-order chi connectivity index (χ0) is 49.3. The number of fused-ring (bicyclic) bond motifs is 1. The second-order valence-electron chi connectivity index (χ2n) is 16.3. The number of hydrogen-bond donors (Lipinski definition) is 5. The second kappa shape index (κ2) is 29.2. The molecule has 0 spiro atoms. The number of nitrogens with two attached hydrogens (primary N) is 1. The number of hydrogen-bond acceptors (Lipinski definition) is 16. The van der Waals surface area contributed by atoms with Crippen LogP contribution in [0.5, 0.6) is 0 Å². The lowest BCUT2D eigenvalue weighted by atomic mass is 9.92. The van der Waals surface area contributed by atoms with E-state index in [1.165, 1.54) is 12.2 Å². The third kappa shape index (κ3) is 18.1. The largest absolute Gasteiger partial charge is 0.395 e. The Hall–Kier alpha value is -5.94. The van der Waals surface area contributed by atoms with Gasteiger partial charge in [-0.15, -0.1) is 0 Å². The Labute approximate surface area is 402 Å². The maximum absolute atomic E-state index is 13.7. The summed E-state index contributed by atoms with van der Waals surface area (Å²) in [5, 5.41) is 18.0. The lowest BCUT2D eigenvalue weighted by Gasteiger charge is -2.22. The molecule has 3 aliphatic rings. The zero-order valence-electron chi connectivity index (χ0n) is 39.4. The molecule has 21 heteroatoms. The highest BCUT2D eigenvalue weighted by molar-refractivity contribution is 6.13. The molecule has 6 N–H and O–H groups in total. The van der Waals surface area contributed by atoms with Crippen LogP contribution in [0.1, 0.15) is 62.1 Å². The van der Waals surface area contributed by atoms with Gasteiger partial charge in [0.1, 0.15) is 5.84 Å². The molecule has 1 aromatic heterocycles. The molecule has 0 atom stereocenters. The Balaban J connectivity index is 0.844. The molecule has 69 heavy (non-hydrogen) atoms. The van der Waals surface area contributed by atoms with E-state index >= 15 is 0 Å². The number of rotatable bonds is 34. The van der Waals surface area contributed by atoms with Crippen LogP contribution in [0.2, 0.25) is 0 Å². The Morgan fingerprint density at radius 2 is 1.39 bits per heavy atom. The summed E-state index contributed by atoms with van der Waals surface area (Å²) in [6, 6.07) is 7.39. The van der Waals surface area contributed by atoms with Gasteiger partial charge in [0.15, 0.2) is 0 Å². The summed E-state index contributed by atoms with van der Waals surface area (Å²) in [6.07, 6.45) is 9.78. The molecule has 0 saturated heterocycles. The number of aliphatic hydroxyl groups is 1. The maximum atomic E-state index is 13.7. The number of carbonyl (C=O) groups is 6. The molecule has 2 aliphatic heterocycles. The van der Waals surface area contributed by atoms with Gasteiger partial charge in [-0.3, -0.25) is 38.7 Å². The van der Waals surface area contributed by atoms with Crippen LogP contribution in [0.3, 0.4) is 0 Å². The first kappa shape index (κ1) is 54.0. The molecule has 1 aliphatic carbocycles. The monoisotopic (exact) mass is 962 g/mol. The summed E-state index contributed by atoms with van der Waals surface area (Å²) in [7, 11) is 0. The zero-order valence-corrected chi connectivity index (χ0v) is 39.4. The van der Waals surface area contributed by atoms with Gasteiger partial charge < -0.3 is 60.1 Å². The van der Waals surface area contributed by atoms with Crippen LogP contribution >= 0.6 is 0 Å². The van der Waals surface area contributed by atoms with E-state index in [4.69, 9.17) is 34.2 Å². The van der Waals surface area contributed by atoms with Crippen molar-refractivity contribution in [3.8, 4) is 0 Å². The van der Waals surface area contributed by atoms with Gasteiger partial charge in [0.25, 0.3) is 11.8 Å². The first-order valence-corrected chi connectivity index (χ1v) is 23.4. The van der Waals surface area contributed by atoms with Crippen LogP contribution < -0.4 is 21.7 Å². The van der Waals surface area contributed by atoms with Gasteiger partial charge in [-0.05, 0) is 48.6 Å². The van der Waals surface area contributed by atoms with Crippen molar-refractivity contribution in [3.63, 3.8) is 0 Å². The van der Waals surface area contributed by atoms with E-state index in [-0.39, 0.29) is 75.7 Å². The van der Waals surface area contributed by atoms with E-state index in [0.717, 1.165) is 22.4 Å². The van der Waals surface area contributed by atoms with Crippen LogP contribution in [0.15, 0.2) is 59.4 Å². The lowest BCUT2D eigenvalue weighted by molar-refractivity contribution is -0.137. The van der Waals surface area contributed by atoms with Gasteiger partial charge in [0.2, 0.25) is 23.6 Å². The summed E-state index contributed by atoms with van der Waals surface area (Å²) in [5.74, 6) is -1.36. The van der Waals surface area contributed by atoms with E-state index in [9.17, 15) is 33.9 Å². The van der Waals surface area contributed by atoms with Crippen LogP contribution in [-0.4, -0.2) is 173 Å². The number of pyridine rings is 1. The number of amides is 6. The number of aromatic nitrogens is 1. The highest BCUT2D eigenvalue weighted by atomic mass is 16.6. The molecule has 0 unspecified atom stereocenters. The van der Waals surface area contributed by atoms with Gasteiger partial charge >= 0.3 is 0 Å². The fraction of sp³-hybridized carbons (Fsp3) is 0.542. The number of carbonyl (C=O) groups excluding carboxylic acids is 6. The fourth-order valence-electron chi connectivity index (χ4n) is 7.28. The van der Waals surface area contributed by atoms with Gasteiger partial charge in [-0.2, -0.15) is 0 Å². The minimum absolute atomic E-state index is 0.0331. The minimum atomic E-state index is -0.749. The molecule has 376 valence electrons. The van der Waals surface area contributed by atoms with Crippen molar-refractivity contribution < 1.29 is 62.3 Å². The van der Waals surface area contributed by atoms with Gasteiger partial charge in [0, 0.05) is 81.5 Å². The van der Waals surface area contributed by atoms with E-state index in [0.29, 0.717) is 127 Å². The van der Waals surface area contributed by atoms with Crippen LogP contribution in [-0.2, 0) is 69.1 Å². The number of benzene rings is 1. The van der Waals surface area contributed by atoms with Crippen molar-refractivity contribution in [2.24, 2.45) is 10.7 Å². The highest BCUT2D eigenvalue weighted by Gasteiger charge is 2.51. The molecule has 3 heterocycles. The van der Waals surface area contributed by atoms with Crippen molar-refractivity contribution in [2.75, 3.05) is 117 Å². The SMILES string of the molecule is CCCN(CCO)C(=O)C1=Cc2ccc(C3(C(=O)Nc4cncc(CNC(=O)CCOCCOCCOCCOCCOCCOCCNC(=O)CCN5C(=O)C=CC5=O)c4)CC3)cc2N=C(N)C1. The predicted molar refractivity (Wildman–Crippen MR) is 253 cm³/mol. The number of aliphatic hydroxyl groups excluding tert-OH is 1. The van der Waals surface area contributed by atoms with Crippen molar-refractivity contribution in [1.82, 2.24) is 25.4 Å². The molecular weight excluding hydrogens is 897 g/mol. The predicted octanol–water partition coefficient (Wildman–Crippen LogP) is 1.30. The van der Waals surface area contributed by atoms with Gasteiger partial charge in [-0.25, -0.2) is 4.99 Å². The highest BCUT2D eigenvalue weighted by Crippen LogP contribution is 2.50. The number of nitrogens with zero attached hydrogens (tertiary/aromatic N) is 4. The summed E-state index contributed by atoms with van der Waals surface area (Å²) in [5.41, 5.74) is 9.35. The third-order valence-electron chi connectivity index (χ3n) is 11.1. The normalized spacial score (nSPS) is 14.7. The summed E-state index contributed by atoms with van der Waals surface area (Å²) in [4.78, 5) is 85.9. The molecule has 21 nitrogen and oxygen atoms in total. The van der Waals surface area contributed by atoms with Crippen molar-refractivity contribution in [2.45, 2.75) is 57.4 Å². The number of aliphatic imine (C=N–C) groups is 1. The van der Waals surface area contributed by atoms with E-state index in [2.05, 4.69) is 25.9 Å². The molecule has 1 aromatic carbocycles. The van der Waals surface area contributed by atoms with E-state index in [1.54, 1.807) is 29.4 Å². The van der Waals surface area contributed by atoms with Crippen LogP contribution in [0, 0.1) is 0 Å². The van der Waals surface area contributed by atoms with E-state index < -0.39 is 17.2 Å². The van der Waals surface area contributed by atoms with Crippen LogP contribution in [0.4, 0.5) is 11.4 Å². The Morgan fingerprint density at radius 1 is 0.783 bits per heavy atom. The van der Waals surface area contributed by atoms with Gasteiger partial charge in [0.05, 0.1) is 109 Å². The summed E-state index contributed by atoms with van der Waals surface area (Å²) in [6.45, 7) is 7.50. The Kier molecular flexibility index (Phi) is 22.8. The lowest BCUT2D eigenvalue weighted by Crippen LogP contribution is -2.36. The average Bonchev–Trinajstić information content (AvgIpc) is 4.12. The molecular formula is C48H66N8O13. The standard InChI is InChI=1S/C48H66N8O13/c1-2-12-55(14-15-57)46(62)37-29-36-3-4-38(31-40(36)54-41(49)30-37)48(9-10-48)47(63)53-39-28-35(32-50-34-39)33-52-43(59)8-16-64-18-20-66-22-24-68-26-27-69-25-23-67-21-19-65-17-11-51-42(58)7-13-56-44(60)5-6-45(56)61/h3-6,28-29,31-32,34,57H,2,7-27,30,33H2,1H3,(H2,49,54)(H,51,58)(H,52,59)(H,53,63). The fourth-order valence-corrected chi connectivity index (χ4v) is 7.28. The quantitative estimate of drug-likeness (QED) is 0.0489. The molecule has 0 radical (unpaired) electrons. The maximum Gasteiger partial charge on any atom is 0.253 e. The first-order valence-electron chi connectivity index (χ1n) is 23.4. The minimum Gasteiger partial charge on any atom is -0.395 e. The number of nitrogens with one attached hydrogen (secondary N) is 3. The summed E-state index contributed by atoms with van der Waals surface area (Å²) >= 11 is 0. The van der Waals surface area contributed by atoms with Gasteiger partial charge in [-0.1, -0.05) is 19.1 Å². The van der Waals surface area contributed by atoms with Crippen molar-refractivity contribution in [3.05, 3.63) is 71.1 Å². The number of imide groups is 1. The second-order valence-corrected chi connectivity index (χ2v) is 16.3. The van der Waals surface area contributed by atoms with Crippen molar-refractivity contribution >= 4 is 58.7 Å². The molecule has 1 saturated carbocycles. The Bertz CT molecular complexity index is 2120. The molecule has 2 aromatic rings. The number of ether oxygens (including phenoxy) is 6. The molecule has 0 bridgehead atoms. The number of amidine groups is 1.